The van der Waals surface area contributed by atoms with E-state index in [4.69, 9.17) is 4.74 Å². The van der Waals surface area contributed by atoms with Crippen molar-refractivity contribution in [1.82, 2.24) is 0 Å². The van der Waals surface area contributed by atoms with E-state index in [9.17, 15) is 0 Å². The predicted octanol–water partition coefficient (Wildman–Crippen LogP) is 4.95. The molecule has 0 radical (unpaired) electrons. The molecule has 20 heavy (non-hydrogen) atoms. The zero-order chi connectivity index (χ0) is 15.1. The Kier molecular flexibility index (Phi) is 14.2. The molecule has 0 aromatic heterocycles. The number of rotatable bonds is 3. The second-order valence-electron chi connectivity index (χ2n) is 3.48. The van der Waals surface area contributed by atoms with Gasteiger partial charge in [0.1, 0.15) is 5.75 Å². The molecule has 0 aliphatic heterocycles. The fourth-order valence-corrected chi connectivity index (χ4v) is 1.54. The Morgan fingerprint density at radius 3 is 1.55 bits per heavy atom. The van der Waals surface area contributed by atoms with E-state index in [2.05, 4.69) is 43.6 Å². The van der Waals surface area contributed by atoms with Crippen LogP contribution in [0.4, 0.5) is 0 Å². The van der Waals surface area contributed by atoms with Crippen LogP contribution in [0.25, 0.3) is 0 Å². The predicted molar refractivity (Wildman–Crippen MR) is 98.9 cm³/mol. The average molecular weight is 327 g/mol. The molecule has 0 saturated carbocycles. The molecule has 2 rings (SSSR count). The Morgan fingerprint density at radius 2 is 1.30 bits per heavy atom. The molecule has 1 nitrogen and oxygen atoms in total. The molecule has 0 saturated heterocycles. The van der Waals surface area contributed by atoms with Gasteiger partial charge in [0.2, 0.25) is 0 Å². The van der Waals surface area contributed by atoms with Gasteiger partial charge in [-0.2, -0.15) is 25.3 Å². The highest BCUT2D eigenvalue weighted by Gasteiger charge is 1.81. The number of benzene rings is 2. The number of thioether (sulfide) groups is 1. The molecular weight excluding hydrogens is 304 g/mol. The zero-order valence-electron chi connectivity index (χ0n) is 11.9. The lowest BCUT2D eigenvalue weighted by atomic mass is 10.3. The van der Waals surface area contributed by atoms with Gasteiger partial charge < -0.3 is 4.74 Å². The van der Waals surface area contributed by atoms with Crippen LogP contribution in [-0.2, 0) is 0 Å². The second kappa shape index (κ2) is 14.7. The average Bonchev–Trinajstić information content (AvgIpc) is 2.57. The van der Waals surface area contributed by atoms with E-state index in [-0.39, 0.29) is 0 Å². The summed E-state index contributed by atoms with van der Waals surface area (Å²) in [7, 11) is 1.66. The molecule has 0 amide bonds. The van der Waals surface area contributed by atoms with Crippen molar-refractivity contribution >= 4 is 37.0 Å². The van der Waals surface area contributed by atoms with Gasteiger partial charge in [-0.1, -0.05) is 36.4 Å². The first-order valence-electron chi connectivity index (χ1n) is 6.18. The molecule has 110 valence electrons. The van der Waals surface area contributed by atoms with E-state index in [1.54, 1.807) is 18.9 Å². The zero-order valence-corrected chi connectivity index (χ0v) is 14.5. The Hall–Kier alpha value is -0.710. The summed E-state index contributed by atoms with van der Waals surface area (Å²) in [5.74, 6) is 2.67. The van der Waals surface area contributed by atoms with Gasteiger partial charge in [-0.05, 0) is 42.0 Å². The lowest BCUT2D eigenvalue weighted by Gasteiger charge is -1.93. The van der Waals surface area contributed by atoms with Crippen molar-refractivity contribution < 1.29 is 4.74 Å². The third-order valence-corrected chi connectivity index (χ3v) is 3.60. The molecule has 4 heteroatoms. The number of ether oxygens (including phenoxy) is 1. The van der Waals surface area contributed by atoms with Gasteiger partial charge in [0.05, 0.1) is 7.11 Å². The number of thiol groups is 2. The van der Waals surface area contributed by atoms with E-state index in [1.807, 2.05) is 48.5 Å². The molecule has 0 heterocycles. The van der Waals surface area contributed by atoms with Crippen LogP contribution < -0.4 is 4.74 Å². The summed E-state index contributed by atoms with van der Waals surface area (Å²) in [4.78, 5) is 1.33. The molecule has 0 fully saturated rings. The van der Waals surface area contributed by atoms with Gasteiger partial charge in [0.25, 0.3) is 0 Å². The van der Waals surface area contributed by atoms with Crippen molar-refractivity contribution in [2.24, 2.45) is 0 Å². The lowest BCUT2D eigenvalue weighted by Crippen LogP contribution is -1.78. The highest BCUT2D eigenvalue weighted by Crippen LogP contribution is 2.11. The van der Waals surface area contributed by atoms with Crippen molar-refractivity contribution in [3.05, 3.63) is 60.7 Å². The fourth-order valence-electron chi connectivity index (χ4n) is 1.11. The Bertz CT molecular complexity index is 365. The molecule has 0 atom stereocenters. The normalized spacial score (nSPS) is 8.60. The molecule has 0 N–H and O–H groups in total. The van der Waals surface area contributed by atoms with Crippen LogP contribution in [-0.4, -0.2) is 24.9 Å². The summed E-state index contributed by atoms with van der Waals surface area (Å²) < 4.78 is 4.91. The first-order valence-corrected chi connectivity index (χ1v) is 8.67. The summed E-state index contributed by atoms with van der Waals surface area (Å²) >= 11 is 9.46. The van der Waals surface area contributed by atoms with Gasteiger partial charge in [-0.3, -0.25) is 0 Å². The van der Waals surface area contributed by atoms with Gasteiger partial charge in [0, 0.05) is 4.90 Å². The monoisotopic (exact) mass is 326 g/mol. The molecular formula is C16H22OS3. The van der Waals surface area contributed by atoms with Crippen molar-refractivity contribution in [2.75, 3.05) is 24.9 Å². The van der Waals surface area contributed by atoms with Crippen LogP contribution >= 0.6 is 37.0 Å². The van der Waals surface area contributed by atoms with E-state index >= 15 is 0 Å². The first kappa shape index (κ1) is 19.3. The number of hydrogen-bond donors (Lipinski definition) is 2. The summed E-state index contributed by atoms with van der Waals surface area (Å²) in [5.41, 5.74) is 0. The summed E-state index contributed by atoms with van der Waals surface area (Å²) in [5, 5.41) is 0. The molecule has 2 aromatic rings. The number of para-hydroxylation sites is 1. The van der Waals surface area contributed by atoms with E-state index < -0.39 is 0 Å². The van der Waals surface area contributed by atoms with Crippen LogP contribution in [0.15, 0.2) is 65.6 Å². The first-order chi connectivity index (χ1) is 9.78. The number of methoxy groups -OCH3 is 1. The largest absolute Gasteiger partial charge is 0.497 e. The van der Waals surface area contributed by atoms with Crippen LogP contribution in [0, 0.1) is 0 Å². The molecule has 0 spiro atoms. The van der Waals surface area contributed by atoms with Crippen molar-refractivity contribution in [3.63, 3.8) is 0 Å². The molecule has 2 aromatic carbocycles. The standard InChI is InChI=1S/C7H8O.C7H8S.C2H6S2/c2*1-8-7-5-3-2-4-6-7;3-1-2-4/h2*2-6H,1H3;3-4H,1-2H2. The van der Waals surface area contributed by atoms with Gasteiger partial charge >= 0.3 is 0 Å². The van der Waals surface area contributed by atoms with E-state index in [0.29, 0.717) is 0 Å². The third-order valence-electron chi connectivity index (χ3n) is 2.06. The van der Waals surface area contributed by atoms with E-state index in [0.717, 1.165) is 17.3 Å². The molecule has 0 aliphatic rings. The minimum atomic E-state index is 0.878. The maximum Gasteiger partial charge on any atom is 0.118 e. The lowest BCUT2D eigenvalue weighted by molar-refractivity contribution is 0.415. The SMILES string of the molecule is COc1ccccc1.CSc1ccccc1.SCCS. The highest BCUT2D eigenvalue weighted by molar-refractivity contribution is 7.98. The smallest absolute Gasteiger partial charge is 0.118 e. The topological polar surface area (TPSA) is 9.23 Å². The van der Waals surface area contributed by atoms with E-state index in [1.165, 1.54) is 4.90 Å². The second-order valence-corrected chi connectivity index (χ2v) is 5.26. The molecule has 0 aliphatic carbocycles. The van der Waals surface area contributed by atoms with Gasteiger partial charge in [0.15, 0.2) is 0 Å². The van der Waals surface area contributed by atoms with Crippen LogP contribution in [0.1, 0.15) is 0 Å². The van der Waals surface area contributed by atoms with Crippen LogP contribution in [0.2, 0.25) is 0 Å². The maximum absolute atomic E-state index is 4.91. The number of hydrogen-bond acceptors (Lipinski definition) is 4. The summed E-state index contributed by atoms with van der Waals surface area (Å²) in [6.07, 6.45) is 2.08. The van der Waals surface area contributed by atoms with Crippen molar-refractivity contribution in [3.8, 4) is 5.75 Å². The van der Waals surface area contributed by atoms with Crippen molar-refractivity contribution in [1.29, 1.82) is 0 Å². The summed E-state index contributed by atoms with van der Waals surface area (Å²) in [6.45, 7) is 0. The van der Waals surface area contributed by atoms with Crippen molar-refractivity contribution in [2.45, 2.75) is 4.90 Å². The van der Waals surface area contributed by atoms with Gasteiger partial charge in [-0.25, -0.2) is 0 Å². The Labute approximate surface area is 138 Å². The highest BCUT2D eigenvalue weighted by atomic mass is 32.2. The minimum absolute atomic E-state index is 0.878. The van der Waals surface area contributed by atoms with Crippen LogP contribution in [0.3, 0.4) is 0 Å². The summed E-state index contributed by atoms with van der Waals surface area (Å²) in [6, 6.07) is 20.0. The third kappa shape index (κ3) is 11.1. The maximum atomic E-state index is 4.91. The molecule has 0 bridgehead atoms. The van der Waals surface area contributed by atoms with Crippen LogP contribution in [0.5, 0.6) is 5.75 Å². The Balaban J connectivity index is 0.000000289. The Morgan fingerprint density at radius 1 is 0.850 bits per heavy atom. The molecule has 0 unspecified atom stereocenters. The fraction of sp³-hybridized carbons (Fsp3) is 0.250. The quantitative estimate of drug-likeness (QED) is 0.610. The van der Waals surface area contributed by atoms with Gasteiger partial charge in [-0.15, -0.1) is 11.8 Å². The minimum Gasteiger partial charge on any atom is -0.497 e.